The molecule has 0 unspecified atom stereocenters. The summed E-state index contributed by atoms with van der Waals surface area (Å²) in [4.78, 5) is 0. The maximum Gasteiger partial charge on any atom is -0.0186 e. The molecule has 4 aromatic carbocycles. The zero-order chi connectivity index (χ0) is 13.5. The first-order valence-corrected chi connectivity index (χ1v) is 6.97. The van der Waals surface area contributed by atoms with Crippen LogP contribution in [0.15, 0.2) is 72.8 Å². The van der Waals surface area contributed by atoms with Gasteiger partial charge in [-0.3, -0.25) is 0 Å². The monoisotopic (exact) mass is 255 g/mol. The topological polar surface area (TPSA) is 0 Å². The number of benzene rings is 3. The second kappa shape index (κ2) is 4.28. The van der Waals surface area contributed by atoms with Crippen molar-refractivity contribution in [2.24, 2.45) is 0 Å². The van der Waals surface area contributed by atoms with E-state index in [1.807, 2.05) is 0 Å². The molecule has 0 atom stereocenters. The van der Waals surface area contributed by atoms with Gasteiger partial charge in [0.05, 0.1) is 0 Å². The Labute approximate surface area is 118 Å². The minimum atomic E-state index is 1.30. The van der Waals surface area contributed by atoms with E-state index in [4.69, 9.17) is 0 Å². The van der Waals surface area contributed by atoms with Gasteiger partial charge in [0.15, 0.2) is 0 Å². The summed E-state index contributed by atoms with van der Waals surface area (Å²) >= 11 is 0. The van der Waals surface area contributed by atoms with Crippen LogP contribution in [0.4, 0.5) is 0 Å². The van der Waals surface area contributed by atoms with Gasteiger partial charge in [0.25, 0.3) is 0 Å². The number of fused-ring (bicyclic) bond motifs is 2. The van der Waals surface area contributed by atoms with Crippen LogP contribution in [-0.2, 0) is 0 Å². The number of aryl methyl sites for hydroxylation is 1. The Morgan fingerprint density at radius 2 is 1.60 bits per heavy atom. The van der Waals surface area contributed by atoms with E-state index in [0.717, 1.165) is 0 Å². The Morgan fingerprint density at radius 3 is 2.55 bits per heavy atom. The first kappa shape index (κ1) is 11.4. The highest BCUT2D eigenvalue weighted by Gasteiger charge is 2.03. The standard InChI is InChI=1S/C20H15/c1-14-12-16-8-5-10-18(16)20(13-14)19-11-4-7-15-6-2-3-9-17(15)19/h2-13H,1H3/q-1. The second-order valence-corrected chi connectivity index (χ2v) is 5.37. The van der Waals surface area contributed by atoms with Gasteiger partial charge in [-0.05, 0) is 17.7 Å². The van der Waals surface area contributed by atoms with Crippen molar-refractivity contribution in [1.82, 2.24) is 0 Å². The van der Waals surface area contributed by atoms with Crippen molar-refractivity contribution in [2.45, 2.75) is 6.92 Å². The third-order valence-electron chi connectivity index (χ3n) is 3.97. The summed E-state index contributed by atoms with van der Waals surface area (Å²) in [5.41, 5.74) is 3.97. The summed E-state index contributed by atoms with van der Waals surface area (Å²) in [7, 11) is 0. The fourth-order valence-electron chi connectivity index (χ4n) is 3.08. The van der Waals surface area contributed by atoms with Crippen LogP contribution in [-0.4, -0.2) is 0 Å². The molecule has 4 rings (SSSR count). The molecule has 0 bridgehead atoms. The molecule has 20 heavy (non-hydrogen) atoms. The smallest absolute Gasteiger partial charge is 0.0186 e. The molecule has 0 heterocycles. The van der Waals surface area contributed by atoms with E-state index < -0.39 is 0 Å². The molecular weight excluding hydrogens is 240 g/mol. The SMILES string of the molecule is Cc1cc(-c2cccc3ccccc23)c2[cH-]ccc2c1. The quantitative estimate of drug-likeness (QED) is 0.383. The molecule has 0 saturated heterocycles. The lowest BCUT2D eigenvalue weighted by molar-refractivity contribution is 1.51. The normalized spacial score (nSPS) is 11.2. The molecule has 0 heteroatoms. The molecule has 0 aliphatic carbocycles. The second-order valence-electron chi connectivity index (χ2n) is 5.37. The van der Waals surface area contributed by atoms with E-state index in [9.17, 15) is 0 Å². The van der Waals surface area contributed by atoms with Gasteiger partial charge in [0, 0.05) is 0 Å². The predicted molar refractivity (Wildman–Crippen MR) is 87.2 cm³/mol. The van der Waals surface area contributed by atoms with Crippen LogP contribution < -0.4 is 0 Å². The third kappa shape index (κ3) is 1.65. The summed E-state index contributed by atoms with van der Waals surface area (Å²) in [5, 5.41) is 5.29. The molecule has 0 nitrogen and oxygen atoms in total. The van der Waals surface area contributed by atoms with Crippen LogP contribution in [0.1, 0.15) is 5.56 Å². The Kier molecular flexibility index (Phi) is 2.43. The van der Waals surface area contributed by atoms with Crippen molar-refractivity contribution >= 4 is 21.5 Å². The lowest BCUT2D eigenvalue weighted by atomic mass is 9.94. The molecule has 0 radical (unpaired) electrons. The van der Waals surface area contributed by atoms with Crippen LogP contribution in [0.25, 0.3) is 32.7 Å². The fourth-order valence-corrected chi connectivity index (χ4v) is 3.08. The average Bonchev–Trinajstić information content (AvgIpc) is 2.94. The van der Waals surface area contributed by atoms with Crippen LogP contribution >= 0.6 is 0 Å². The number of hydrogen-bond acceptors (Lipinski definition) is 0. The molecule has 0 aliphatic heterocycles. The largest absolute Gasteiger partial charge is 0.168 e. The predicted octanol–water partition coefficient (Wildman–Crippen LogP) is 5.69. The van der Waals surface area contributed by atoms with Crippen LogP contribution in [0, 0.1) is 6.92 Å². The van der Waals surface area contributed by atoms with E-state index in [0.29, 0.717) is 0 Å². The Morgan fingerprint density at radius 1 is 0.750 bits per heavy atom. The van der Waals surface area contributed by atoms with Gasteiger partial charge in [0.2, 0.25) is 0 Å². The van der Waals surface area contributed by atoms with Crippen molar-refractivity contribution in [3.05, 3.63) is 78.4 Å². The maximum atomic E-state index is 2.30. The van der Waals surface area contributed by atoms with E-state index in [1.54, 1.807) is 0 Å². The van der Waals surface area contributed by atoms with Gasteiger partial charge in [-0.2, -0.15) is 12.1 Å². The Bertz CT molecular complexity index is 904. The van der Waals surface area contributed by atoms with E-state index in [1.165, 1.54) is 38.2 Å². The van der Waals surface area contributed by atoms with Gasteiger partial charge in [-0.15, -0.1) is 22.9 Å². The van der Waals surface area contributed by atoms with Crippen molar-refractivity contribution < 1.29 is 0 Å². The van der Waals surface area contributed by atoms with Gasteiger partial charge >= 0.3 is 0 Å². The van der Waals surface area contributed by atoms with E-state index in [2.05, 4.69) is 79.7 Å². The molecule has 4 aromatic rings. The molecule has 0 spiro atoms. The van der Waals surface area contributed by atoms with Crippen molar-refractivity contribution in [1.29, 1.82) is 0 Å². The highest BCUT2D eigenvalue weighted by molar-refractivity contribution is 6.06. The fraction of sp³-hybridized carbons (Fsp3) is 0.0500. The first-order chi connectivity index (χ1) is 9.83. The zero-order valence-corrected chi connectivity index (χ0v) is 11.4. The summed E-state index contributed by atoms with van der Waals surface area (Å²) in [6.07, 6.45) is 0. The van der Waals surface area contributed by atoms with E-state index >= 15 is 0 Å². The molecule has 0 amide bonds. The molecule has 0 fully saturated rings. The van der Waals surface area contributed by atoms with Crippen LogP contribution in [0.5, 0.6) is 0 Å². The Hall–Kier alpha value is -2.47. The average molecular weight is 255 g/mol. The maximum absolute atomic E-state index is 2.30. The van der Waals surface area contributed by atoms with Gasteiger partial charge in [0.1, 0.15) is 0 Å². The molecule has 0 N–H and O–H groups in total. The van der Waals surface area contributed by atoms with Crippen molar-refractivity contribution in [2.75, 3.05) is 0 Å². The minimum Gasteiger partial charge on any atom is -0.168 e. The molecule has 96 valence electrons. The van der Waals surface area contributed by atoms with Gasteiger partial charge in [-0.1, -0.05) is 65.2 Å². The van der Waals surface area contributed by atoms with Gasteiger partial charge < -0.3 is 0 Å². The van der Waals surface area contributed by atoms with Crippen molar-refractivity contribution in [3.63, 3.8) is 0 Å². The summed E-state index contributed by atoms with van der Waals surface area (Å²) in [6.45, 7) is 2.17. The third-order valence-corrected chi connectivity index (χ3v) is 3.97. The molecule has 0 saturated carbocycles. The highest BCUT2D eigenvalue weighted by Crippen LogP contribution is 2.35. The van der Waals surface area contributed by atoms with Crippen LogP contribution in [0.2, 0.25) is 0 Å². The molecule has 0 aliphatic rings. The summed E-state index contributed by atoms with van der Waals surface area (Å²) in [5.74, 6) is 0. The first-order valence-electron chi connectivity index (χ1n) is 6.97. The highest BCUT2D eigenvalue weighted by atomic mass is 14.1. The summed E-state index contributed by atoms with van der Waals surface area (Å²) < 4.78 is 0. The number of rotatable bonds is 1. The van der Waals surface area contributed by atoms with Gasteiger partial charge in [-0.25, -0.2) is 0 Å². The molecule has 0 aromatic heterocycles. The molecular formula is C20H15-. The lowest BCUT2D eigenvalue weighted by Crippen LogP contribution is -1.84. The van der Waals surface area contributed by atoms with E-state index in [-0.39, 0.29) is 0 Å². The minimum absolute atomic E-state index is 1.30. The van der Waals surface area contributed by atoms with Crippen LogP contribution in [0.3, 0.4) is 0 Å². The Balaban J connectivity index is 2.14. The summed E-state index contributed by atoms with van der Waals surface area (Å²) in [6, 6.07) is 26.2. The lowest BCUT2D eigenvalue weighted by Gasteiger charge is -2.15. The zero-order valence-electron chi connectivity index (χ0n) is 11.4. The number of hydrogen-bond donors (Lipinski definition) is 0. The van der Waals surface area contributed by atoms with Crippen molar-refractivity contribution in [3.8, 4) is 11.1 Å².